The van der Waals surface area contributed by atoms with Crippen LogP contribution in [0.4, 0.5) is 11.4 Å². The van der Waals surface area contributed by atoms with Gasteiger partial charge in [0.1, 0.15) is 17.6 Å². The number of anilines is 1. The van der Waals surface area contributed by atoms with Gasteiger partial charge < -0.3 is 10.1 Å². The molecule has 2 aliphatic rings. The third-order valence-corrected chi connectivity index (χ3v) is 5.81. The van der Waals surface area contributed by atoms with Gasteiger partial charge in [-0.25, -0.2) is 4.99 Å². The Morgan fingerprint density at radius 3 is 2.83 bits per heavy atom. The molecule has 0 bridgehead atoms. The monoisotopic (exact) mass is 422 g/mol. The standard InChI is InChI=1S/C22H22N4O3S/c1-3-7-18-21(28)25-20-16-10-4-5-11-17(16)24-22(26(18)20)30-13-19(27)23-14-8-6-9-15(12-14)29-2/h4-6,8-12,18H,3,7,13H2,1-2H3,(H,23,27). The Bertz CT molecular complexity index is 1050. The first-order valence-corrected chi connectivity index (χ1v) is 10.8. The van der Waals surface area contributed by atoms with Gasteiger partial charge in [0.05, 0.1) is 18.6 Å². The molecule has 2 aromatic rings. The summed E-state index contributed by atoms with van der Waals surface area (Å²) in [5.74, 6) is 1.14. The van der Waals surface area contributed by atoms with Crippen LogP contribution in [0.2, 0.25) is 0 Å². The number of nitrogens with zero attached hydrogens (tertiary/aromatic N) is 3. The molecule has 2 aromatic carbocycles. The van der Waals surface area contributed by atoms with E-state index in [0.717, 1.165) is 17.7 Å². The van der Waals surface area contributed by atoms with Gasteiger partial charge in [0, 0.05) is 17.3 Å². The number of amides is 2. The number of methoxy groups -OCH3 is 1. The molecule has 154 valence electrons. The number of para-hydroxylation sites is 1. The molecule has 30 heavy (non-hydrogen) atoms. The van der Waals surface area contributed by atoms with E-state index in [0.29, 0.717) is 28.9 Å². The molecule has 0 fully saturated rings. The van der Waals surface area contributed by atoms with Gasteiger partial charge in [-0.15, -0.1) is 0 Å². The van der Waals surface area contributed by atoms with Crippen molar-refractivity contribution in [3.63, 3.8) is 0 Å². The minimum Gasteiger partial charge on any atom is -0.497 e. The predicted molar refractivity (Wildman–Crippen MR) is 120 cm³/mol. The van der Waals surface area contributed by atoms with E-state index in [-0.39, 0.29) is 23.6 Å². The lowest BCUT2D eigenvalue weighted by atomic mass is 10.1. The zero-order chi connectivity index (χ0) is 21.1. The van der Waals surface area contributed by atoms with E-state index >= 15 is 0 Å². The quantitative estimate of drug-likeness (QED) is 0.765. The molecule has 8 heteroatoms. The highest BCUT2D eigenvalue weighted by atomic mass is 32.2. The van der Waals surface area contributed by atoms with Crippen molar-refractivity contribution >= 4 is 46.0 Å². The number of ether oxygens (including phenoxy) is 1. The van der Waals surface area contributed by atoms with Crippen LogP contribution in [-0.2, 0) is 9.59 Å². The average Bonchev–Trinajstić information content (AvgIpc) is 3.09. The normalized spacial score (nSPS) is 17.1. The molecule has 0 spiro atoms. The van der Waals surface area contributed by atoms with Crippen LogP contribution in [0, 0.1) is 0 Å². The summed E-state index contributed by atoms with van der Waals surface area (Å²) in [6.07, 6.45) is 1.54. The van der Waals surface area contributed by atoms with Crippen molar-refractivity contribution in [3.05, 3.63) is 54.1 Å². The maximum Gasteiger partial charge on any atom is 0.270 e. The maximum absolute atomic E-state index is 12.5. The largest absolute Gasteiger partial charge is 0.497 e. The second-order valence-corrected chi connectivity index (χ2v) is 7.87. The summed E-state index contributed by atoms with van der Waals surface area (Å²) >= 11 is 1.31. The third-order valence-electron chi connectivity index (χ3n) is 4.86. The lowest BCUT2D eigenvalue weighted by Gasteiger charge is -2.30. The highest BCUT2D eigenvalue weighted by molar-refractivity contribution is 8.14. The van der Waals surface area contributed by atoms with Gasteiger partial charge in [-0.05, 0) is 30.7 Å². The van der Waals surface area contributed by atoms with Crippen molar-refractivity contribution in [2.45, 2.75) is 25.8 Å². The van der Waals surface area contributed by atoms with E-state index in [4.69, 9.17) is 9.73 Å². The zero-order valence-electron chi connectivity index (χ0n) is 16.8. The lowest BCUT2D eigenvalue weighted by molar-refractivity contribution is -0.119. The molecule has 0 radical (unpaired) electrons. The number of carbonyl (C=O) groups is 2. The average molecular weight is 423 g/mol. The van der Waals surface area contributed by atoms with E-state index in [1.165, 1.54) is 11.8 Å². The van der Waals surface area contributed by atoms with Crippen molar-refractivity contribution in [3.8, 4) is 5.75 Å². The summed E-state index contributed by atoms with van der Waals surface area (Å²) in [6, 6.07) is 14.5. The van der Waals surface area contributed by atoms with Gasteiger partial charge in [0.2, 0.25) is 5.91 Å². The Labute approximate surface area is 179 Å². The summed E-state index contributed by atoms with van der Waals surface area (Å²) in [4.78, 5) is 36.0. The maximum atomic E-state index is 12.5. The van der Waals surface area contributed by atoms with Crippen molar-refractivity contribution in [1.29, 1.82) is 0 Å². The molecule has 2 heterocycles. The van der Waals surface area contributed by atoms with Crippen LogP contribution in [0.1, 0.15) is 25.3 Å². The Morgan fingerprint density at radius 2 is 2.03 bits per heavy atom. The van der Waals surface area contributed by atoms with Crippen molar-refractivity contribution in [1.82, 2.24) is 4.90 Å². The van der Waals surface area contributed by atoms with Crippen LogP contribution >= 0.6 is 11.8 Å². The van der Waals surface area contributed by atoms with Crippen LogP contribution < -0.4 is 10.1 Å². The highest BCUT2D eigenvalue weighted by Crippen LogP contribution is 2.35. The smallest absolute Gasteiger partial charge is 0.270 e. The number of amidine groups is 2. The summed E-state index contributed by atoms with van der Waals surface area (Å²) in [7, 11) is 1.58. The number of benzene rings is 2. The van der Waals surface area contributed by atoms with Gasteiger partial charge in [0.15, 0.2) is 5.17 Å². The molecule has 1 atom stereocenters. The molecular formula is C22H22N4O3S. The van der Waals surface area contributed by atoms with Crippen LogP contribution in [0.3, 0.4) is 0 Å². The number of fused-ring (bicyclic) bond motifs is 3. The fourth-order valence-electron chi connectivity index (χ4n) is 3.48. The fraction of sp³-hybridized carbons (Fsp3) is 0.273. The first-order chi connectivity index (χ1) is 14.6. The van der Waals surface area contributed by atoms with E-state index in [9.17, 15) is 9.59 Å². The second-order valence-electron chi connectivity index (χ2n) is 6.93. The van der Waals surface area contributed by atoms with Gasteiger partial charge in [-0.1, -0.05) is 43.3 Å². The number of nitrogens with one attached hydrogen (secondary N) is 1. The topological polar surface area (TPSA) is 83.4 Å². The number of thioether (sulfide) groups is 1. The van der Waals surface area contributed by atoms with E-state index < -0.39 is 0 Å². The summed E-state index contributed by atoms with van der Waals surface area (Å²) in [5, 5.41) is 3.49. The molecule has 1 unspecified atom stereocenters. The first kappa shape index (κ1) is 20.2. The van der Waals surface area contributed by atoms with Crippen LogP contribution in [0.25, 0.3) is 0 Å². The molecule has 2 aliphatic heterocycles. The van der Waals surface area contributed by atoms with E-state index in [2.05, 4.69) is 10.3 Å². The number of aliphatic imine (C=N–C) groups is 2. The minimum atomic E-state index is -0.369. The predicted octanol–water partition coefficient (Wildman–Crippen LogP) is 3.83. The summed E-state index contributed by atoms with van der Waals surface area (Å²) in [5.41, 5.74) is 2.26. The zero-order valence-corrected chi connectivity index (χ0v) is 17.6. The third kappa shape index (κ3) is 3.95. The van der Waals surface area contributed by atoms with Crippen molar-refractivity contribution < 1.29 is 14.3 Å². The molecule has 0 aromatic heterocycles. The van der Waals surface area contributed by atoms with Crippen molar-refractivity contribution in [2.75, 3.05) is 18.2 Å². The number of carbonyl (C=O) groups excluding carboxylic acids is 2. The van der Waals surface area contributed by atoms with Gasteiger partial charge >= 0.3 is 0 Å². The van der Waals surface area contributed by atoms with Crippen molar-refractivity contribution in [2.24, 2.45) is 9.98 Å². The molecule has 4 rings (SSSR count). The Hall–Kier alpha value is -3.13. The highest BCUT2D eigenvalue weighted by Gasteiger charge is 2.41. The second kappa shape index (κ2) is 8.71. The molecule has 2 amide bonds. The molecule has 7 nitrogen and oxygen atoms in total. The molecule has 0 saturated carbocycles. The summed E-state index contributed by atoms with van der Waals surface area (Å²) in [6.45, 7) is 2.04. The molecule has 1 N–H and O–H groups in total. The van der Waals surface area contributed by atoms with E-state index in [1.807, 2.05) is 48.2 Å². The SMILES string of the molecule is CCCC1C(=O)N=C2c3ccccc3N=C(SCC(=O)Nc3cccc(OC)c3)N21. The van der Waals surface area contributed by atoms with Crippen LogP contribution in [-0.4, -0.2) is 46.6 Å². The lowest BCUT2D eigenvalue weighted by Crippen LogP contribution is -2.43. The van der Waals surface area contributed by atoms with E-state index in [1.54, 1.807) is 19.2 Å². The molecule has 0 saturated heterocycles. The van der Waals surface area contributed by atoms with Gasteiger partial charge in [-0.2, -0.15) is 4.99 Å². The Kier molecular flexibility index (Phi) is 5.85. The number of hydrogen-bond acceptors (Lipinski definition) is 6. The Balaban J connectivity index is 1.53. The molecular weight excluding hydrogens is 400 g/mol. The number of hydrogen-bond donors (Lipinski definition) is 1. The molecule has 0 aliphatic carbocycles. The minimum absolute atomic E-state index is 0.155. The van der Waals surface area contributed by atoms with Crippen LogP contribution in [0.5, 0.6) is 5.75 Å². The fourth-order valence-corrected chi connectivity index (χ4v) is 4.33. The van der Waals surface area contributed by atoms with Crippen LogP contribution in [0.15, 0.2) is 58.5 Å². The summed E-state index contributed by atoms with van der Waals surface area (Å²) < 4.78 is 5.19. The van der Waals surface area contributed by atoms with Gasteiger partial charge in [-0.3, -0.25) is 14.5 Å². The van der Waals surface area contributed by atoms with Gasteiger partial charge in [0.25, 0.3) is 5.91 Å². The first-order valence-electron chi connectivity index (χ1n) is 9.77. The number of rotatable bonds is 6. The Morgan fingerprint density at radius 1 is 1.20 bits per heavy atom.